The predicted octanol–water partition coefficient (Wildman–Crippen LogP) is 4.12. The van der Waals surface area contributed by atoms with Crippen LogP contribution in [0.1, 0.15) is 24.9 Å². The third-order valence-corrected chi connectivity index (χ3v) is 4.87. The first kappa shape index (κ1) is 15.1. The molecule has 1 N–H and O–H groups in total. The monoisotopic (exact) mass is 344 g/mol. The maximum atomic E-state index is 12.7. The van der Waals surface area contributed by atoms with Crippen molar-refractivity contribution in [1.29, 1.82) is 0 Å². The molecule has 4 rings (SSSR count). The van der Waals surface area contributed by atoms with Crippen LogP contribution in [0.2, 0.25) is 5.02 Å². The Morgan fingerprint density at radius 2 is 2.12 bits per heavy atom. The molecular weight excluding hydrogens is 328 g/mol. The van der Waals surface area contributed by atoms with Gasteiger partial charge in [0.05, 0.1) is 23.9 Å². The quantitative estimate of drug-likeness (QED) is 0.891. The van der Waals surface area contributed by atoms with Crippen LogP contribution in [0.5, 0.6) is 11.5 Å². The first-order valence-corrected chi connectivity index (χ1v) is 8.12. The molecule has 0 radical (unpaired) electrons. The SMILES string of the molecule is COc1ccc(N2C(=O)N[C@@H]3C[C@@]2(C)Oc2ccccc23)cc1Cl. The second-order valence-corrected chi connectivity index (χ2v) is 6.58. The van der Waals surface area contributed by atoms with Crippen molar-refractivity contribution < 1.29 is 14.3 Å². The Bertz CT molecular complexity index is 826. The van der Waals surface area contributed by atoms with Gasteiger partial charge in [0.1, 0.15) is 11.5 Å². The van der Waals surface area contributed by atoms with E-state index in [1.807, 2.05) is 31.2 Å². The molecule has 124 valence electrons. The first-order chi connectivity index (χ1) is 11.5. The van der Waals surface area contributed by atoms with Gasteiger partial charge in [-0.05, 0) is 31.2 Å². The molecule has 2 aliphatic heterocycles. The van der Waals surface area contributed by atoms with Crippen molar-refractivity contribution >= 4 is 23.3 Å². The maximum Gasteiger partial charge on any atom is 0.325 e. The number of methoxy groups -OCH3 is 1. The maximum absolute atomic E-state index is 12.7. The largest absolute Gasteiger partial charge is 0.495 e. The Hall–Kier alpha value is -2.40. The minimum atomic E-state index is -0.779. The average Bonchev–Trinajstić information content (AvgIpc) is 2.54. The van der Waals surface area contributed by atoms with Crippen molar-refractivity contribution in [2.24, 2.45) is 0 Å². The van der Waals surface area contributed by atoms with Crippen LogP contribution in [0.15, 0.2) is 42.5 Å². The summed E-state index contributed by atoms with van der Waals surface area (Å²) in [4.78, 5) is 14.4. The number of urea groups is 1. The molecule has 2 heterocycles. The summed E-state index contributed by atoms with van der Waals surface area (Å²) in [5.74, 6) is 1.36. The molecule has 6 heteroatoms. The van der Waals surface area contributed by atoms with Crippen molar-refractivity contribution in [2.45, 2.75) is 25.1 Å². The van der Waals surface area contributed by atoms with E-state index in [0.717, 1.165) is 11.3 Å². The standard InChI is InChI=1S/C18H17ClN2O3/c1-18-10-14(12-5-3-4-6-15(12)24-18)20-17(22)21(18)11-7-8-16(23-2)13(19)9-11/h3-9,14H,10H2,1-2H3,(H,20,22)/t14-,18-/m1/s1. The van der Waals surface area contributed by atoms with Crippen LogP contribution in [0.25, 0.3) is 0 Å². The number of carbonyl (C=O) groups excluding carboxylic acids is 1. The smallest absolute Gasteiger partial charge is 0.325 e. The Morgan fingerprint density at radius 3 is 2.88 bits per heavy atom. The molecule has 2 atom stereocenters. The van der Waals surface area contributed by atoms with E-state index < -0.39 is 5.72 Å². The van der Waals surface area contributed by atoms with E-state index in [9.17, 15) is 4.79 Å². The van der Waals surface area contributed by atoms with Gasteiger partial charge in [-0.3, -0.25) is 4.90 Å². The number of nitrogens with one attached hydrogen (secondary N) is 1. The number of fused-ring (bicyclic) bond motifs is 4. The molecule has 2 aromatic rings. The number of rotatable bonds is 2. The summed E-state index contributed by atoms with van der Waals surface area (Å²) in [5, 5.41) is 3.51. The molecule has 0 saturated carbocycles. The average molecular weight is 345 g/mol. The van der Waals surface area contributed by atoms with Gasteiger partial charge in [0.25, 0.3) is 0 Å². The molecule has 0 aromatic heterocycles. The van der Waals surface area contributed by atoms with Crippen LogP contribution in [0.3, 0.4) is 0 Å². The molecule has 2 amide bonds. The van der Waals surface area contributed by atoms with Crippen LogP contribution >= 0.6 is 11.6 Å². The van der Waals surface area contributed by atoms with Gasteiger partial charge in [-0.15, -0.1) is 0 Å². The Balaban J connectivity index is 1.78. The third-order valence-electron chi connectivity index (χ3n) is 4.57. The molecule has 0 unspecified atom stereocenters. The van der Waals surface area contributed by atoms with Gasteiger partial charge in [0.2, 0.25) is 0 Å². The lowest BCUT2D eigenvalue weighted by Crippen LogP contribution is -2.65. The Labute approximate surface area is 145 Å². The fourth-order valence-corrected chi connectivity index (χ4v) is 3.76. The van der Waals surface area contributed by atoms with Crippen LogP contribution in [0, 0.1) is 0 Å². The highest BCUT2D eigenvalue weighted by Gasteiger charge is 2.49. The van der Waals surface area contributed by atoms with Crippen LogP contribution in [-0.4, -0.2) is 18.9 Å². The number of hydrogen-bond donors (Lipinski definition) is 1. The lowest BCUT2D eigenvalue weighted by molar-refractivity contribution is 0.0379. The number of nitrogens with zero attached hydrogens (tertiary/aromatic N) is 1. The van der Waals surface area contributed by atoms with Crippen molar-refractivity contribution in [1.82, 2.24) is 5.32 Å². The first-order valence-electron chi connectivity index (χ1n) is 7.74. The van der Waals surface area contributed by atoms with Gasteiger partial charge in [0, 0.05) is 12.0 Å². The predicted molar refractivity (Wildman–Crippen MR) is 91.8 cm³/mol. The summed E-state index contributed by atoms with van der Waals surface area (Å²) in [6, 6.07) is 12.8. The Morgan fingerprint density at radius 1 is 1.33 bits per heavy atom. The third kappa shape index (κ3) is 2.19. The number of para-hydroxylation sites is 1. The lowest BCUT2D eigenvalue weighted by Gasteiger charge is -2.50. The molecule has 2 bridgehead atoms. The summed E-state index contributed by atoms with van der Waals surface area (Å²) in [6.45, 7) is 1.92. The van der Waals surface area contributed by atoms with Crippen molar-refractivity contribution in [3.05, 3.63) is 53.1 Å². The van der Waals surface area contributed by atoms with Crippen LogP contribution in [0.4, 0.5) is 10.5 Å². The number of halogens is 1. The summed E-state index contributed by atoms with van der Waals surface area (Å²) in [5.41, 5.74) is 0.897. The summed E-state index contributed by atoms with van der Waals surface area (Å²) >= 11 is 6.23. The van der Waals surface area contributed by atoms with Gasteiger partial charge >= 0.3 is 6.03 Å². The molecule has 24 heavy (non-hydrogen) atoms. The van der Waals surface area contributed by atoms with Gasteiger partial charge in [-0.1, -0.05) is 29.8 Å². The highest BCUT2D eigenvalue weighted by Crippen LogP contribution is 2.46. The lowest BCUT2D eigenvalue weighted by atomic mass is 9.90. The molecule has 0 aliphatic carbocycles. The van der Waals surface area contributed by atoms with Gasteiger partial charge in [-0.25, -0.2) is 4.79 Å². The van der Waals surface area contributed by atoms with E-state index in [0.29, 0.717) is 22.9 Å². The number of hydrogen-bond acceptors (Lipinski definition) is 3. The van der Waals surface area contributed by atoms with Gasteiger partial charge in [0.15, 0.2) is 5.72 Å². The number of amides is 2. The summed E-state index contributed by atoms with van der Waals surface area (Å²) in [6.07, 6.45) is 0.652. The second kappa shape index (κ2) is 5.31. The van der Waals surface area contributed by atoms with E-state index in [1.54, 1.807) is 30.2 Å². The highest BCUT2D eigenvalue weighted by atomic mass is 35.5. The van der Waals surface area contributed by atoms with E-state index in [-0.39, 0.29) is 12.1 Å². The van der Waals surface area contributed by atoms with Crippen LogP contribution < -0.4 is 19.7 Å². The number of carbonyl (C=O) groups is 1. The summed E-state index contributed by atoms with van der Waals surface area (Å²) in [7, 11) is 1.56. The second-order valence-electron chi connectivity index (χ2n) is 6.18. The number of ether oxygens (including phenoxy) is 2. The van der Waals surface area contributed by atoms with E-state index in [4.69, 9.17) is 21.1 Å². The van der Waals surface area contributed by atoms with Crippen LogP contribution in [-0.2, 0) is 0 Å². The minimum absolute atomic E-state index is 0.0579. The van der Waals surface area contributed by atoms with Crippen molar-refractivity contribution in [3.63, 3.8) is 0 Å². The highest BCUT2D eigenvalue weighted by molar-refractivity contribution is 6.32. The normalized spacial score (nSPS) is 24.7. The van der Waals surface area contributed by atoms with E-state index >= 15 is 0 Å². The molecule has 2 aromatic carbocycles. The zero-order valence-electron chi connectivity index (χ0n) is 13.4. The fourth-order valence-electron chi connectivity index (χ4n) is 3.51. The van der Waals surface area contributed by atoms with Gasteiger partial charge in [-0.2, -0.15) is 0 Å². The zero-order valence-corrected chi connectivity index (χ0v) is 14.1. The molecular formula is C18H17ClN2O3. The number of benzene rings is 2. The summed E-state index contributed by atoms with van der Waals surface area (Å²) < 4.78 is 11.4. The molecule has 2 aliphatic rings. The topological polar surface area (TPSA) is 50.8 Å². The zero-order chi connectivity index (χ0) is 16.9. The van der Waals surface area contributed by atoms with Crippen molar-refractivity contribution in [2.75, 3.05) is 12.0 Å². The van der Waals surface area contributed by atoms with E-state index in [2.05, 4.69) is 5.32 Å². The molecule has 1 fully saturated rings. The fraction of sp³-hybridized carbons (Fsp3) is 0.278. The van der Waals surface area contributed by atoms with E-state index in [1.165, 1.54) is 0 Å². The molecule has 5 nitrogen and oxygen atoms in total. The van der Waals surface area contributed by atoms with Gasteiger partial charge < -0.3 is 14.8 Å². The molecule has 1 saturated heterocycles. The molecule has 0 spiro atoms. The Kier molecular flexibility index (Phi) is 3.35. The van der Waals surface area contributed by atoms with Crippen molar-refractivity contribution in [3.8, 4) is 11.5 Å². The minimum Gasteiger partial charge on any atom is -0.495 e. The number of anilines is 1.